The lowest BCUT2D eigenvalue weighted by Crippen LogP contribution is -2.25. The molecule has 0 bridgehead atoms. The third-order valence-electron chi connectivity index (χ3n) is 4.25. The van der Waals surface area contributed by atoms with Gasteiger partial charge in [0.15, 0.2) is 17.2 Å². The summed E-state index contributed by atoms with van der Waals surface area (Å²) < 4.78 is 18.4. The van der Waals surface area contributed by atoms with Crippen LogP contribution < -0.4 is 19.5 Å². The maximum Gasteiger partial charge on any atom is 0.276 e. The van der Waals surface area contributed by atoms with Gasteiger partial charge in [0.2, 0.25) is 11.6 Å². The van der Waals surface area contributed by atoms with E-state index in [0.717, 1.165) is 5.69 Å². The van der Waals surface area contributed by atoms with E-state index in [1.54, 1.807) is 24.3 Å². The number of carbonyl (C=O) groups excluding carboxylic acids is 1. The normalized spacial score (nSPS) is 11.1. The van der Waals surface area contributed by atoms with Crippen LogP contribution in [0.4, 0.5) is 5.69 Å². The van der Waals surface area contributed by atoms with E-state index in [2.05, 4.69) is 20.4 Å². The van der Waals surface area contributed by atoms with Crippen LogP contribution in [-0.2, 0) is 5.54 Å². The molecule has 0 aliphatic carbocycles. The zero-order chi connectivity index (χ0) is 21.9. The predicted octanol–water partition coefficient (Wildman–Crippen LogP) is 3.80. The molecule has 1 amide bonds. The van der Waals surface area contributed by atoms with Crippen LogP contribution in [0.15, 0.2) is 36.8 Å². The average molecular weight is 411 g/mol. The smallest absolute Gasteiger partial charge is 0.276 e. The Balaban J connectivity index is 1.87. The number of anilines is 1. The van der Waals surface area contributed by atoms with Crippen molar-refractivity contribution in [3.63, 3.8) is 0 Å². The number of amides is 1. The Bertz CT molecular complexity index is 1060. The van der Waals surface area contributed by atoms with Crippen molar-refractivity contribution in [3.8, 4) is 23.1 Å². The molecule has 9 heteroatoms. The summed E-state index contributed by atoms with van der Waals surface area (Å²) in [5, 5.41) is 7.20. The number of carbonyl (C=O) groups is 1. The van der Waals surface area contributed by atoms with E-state index in [-0.39, 0.29) is 17.1 Å². The van der Waals surface area contributed by atoms with Gasteiger partial charge in [-0.15, -0.1) is 0 Å². The molecule has 9 nitrogen and oxygen atoms in total. The Labute approximate surface area is 175 Å². The molecular formula is C21H25N5O4. The molecule has 0 fully saturated rings. The molecule has 3 rings (SSSR count). The molecule has 30 heavy (non-hydrogen) atoms. The first-order chi connectivity index (χ1) is 14.2. The third kappa shape index (κ3) is 4.35. The van der Waals surface area contributed by atoms with E-state index in [4.69, 9.17) is 14.2 Å². The summed E-state index contributed by atoms with van der Waals surface area (Å²) in [6.45, 7) is 7.97. The maximum atomic E-state index is 12.8. The van der Waals surface area contributed by atoms with Gasteiger partial charge in [-0.2, -0.15) is 10.1 Å². The van der Waals surface area contributed by atoms with Gasteiger partial charge in [0, 0.05) is 5.69 Å². The molecule has 0 unspecified atom stereocenters. The van der Waals surface area contributed by atoms with Crippen LogP contribution in [-0.4, -0.2) is 39.9 Å². The highest BCUT2D eigenvalue weighted by atomic mass is 16.5. The fraction of sp³-hybridized carbons (Fsp3) is 0.333. The molecule has 158 valence electrons. The Morgan fingerprint density at radius 3 is 2.50 bits per heavy atom. The zero-order valence-electron chi connectivity index (χ0n) is 17.9. The average Bonchev–Trinajstić information content (AvgIpc) is 3.11. The van der Waals surface area contributed by atoms with Gasteiger partial charge in [-0.05, 0) is 45.9 Å². The Hall–Kier alpha value is -3.62. The molecule has 0 radical (unpaired) electrons. The van der Waals surface area contributed by atoms with Gasteiger partial charge in [0.1, 0.15) is 12.0 Å². The first-order valence-corrected chi connectivity index (χ1v) is 9.32. The monoisotopic (exact) mass is 411 g/mol. The number of methoxy groups -OCH3 is 2. The van der Waals surface area contributed by atoms with Gasteiger partial charge < -0.3 is 19.5 Å². The molecule has 0 aliphatic heterocycles. The predicted molar refractivity (Wildman–Crippen MR) is 112 cm³/mol. The van der Waals surface area contributed by atoms with Crippen molar-refractivity contribution >= 4 is 11.6 Å². The molecule has 0 saturated carbocycles. The molecule has 1 N–H and O–H groups in total. The number of hydrogen-bond donors (Lipinski definition) is 1. The summed E-state index contributed by atoms with van der Waals surface area (Å²) in [5.74, 6) is 1.09. The molecule has 0 spiro atoms. The minimum absolute atomic E-state index is 0.164. The van der Waals surface area contributed by atoms with E-state index in [9.17, 15) is 4.79 Å². The first-order valence-electron chi connectivity index (χ1n) is 9.32. The van der Waals surface area contributed by atoms with E-state index >= 15 is 0 Å². The summed E-state index contributed by atoms with van der Waals surface area (Å²) in [6, 6.07) is 6.96. The summed E-state index contributed by atoms with van der Waals surface area (Å²) >= 11 is 0. The van der Waals surface area contributed by atoms with Gasteiger partial charge >= 0.3 is 0 Å². The van der Waals surface area contributed by atoms with Gasteiger partial charge in [0.05, 0.1) is 26.0 Å². The quantitative estimate of drug-likeness (QED) is 0.658. The Kier molecular flexibility index (Phi) is 5.91. The van der Waals surface area contributed by atoms with Crippen molar-refractivity contribution in [2.24, 2.45) is 0 Å². The van der Waals surface area contributed by atoms with Crippen molar-refractivity contribution in [1.82, 2.24) is 19.7 Å². The second-order valence-corrected chi connectivity index (χ2v) is 7.54. The molecule has 2 heterocycles. The van der Waals surface area contributed by atoms with Gasteiger partial charge in [-0.1, -0.05) is 6.07 Å². The van der Waals surface area contributed by atoms with Crippen LogP contribution in [0.3, 0.4) is 0 Å². The van der Waals surface area contributed by atoms with E-state index in [1.165, 1.54) is 26.7 Å². The summed E-state index contributed by atoms with van der Waals surface area (Å²) in [4.78, 5) is 20.9. The summed E-state index contributed by atoms with van der Waals surface area (Å²) in [7, 11) is 3.05. The number of aromatic nitrogens is 4. The number of nitrogens with zero attached hydrogens (tertiary/aromatic N) is 4. The van der Waals surface area contributed by atoms with Crippen molar-refractivity contribution in [2.75, 3.05) is 19.5 Å². The highest BCUT2D eigenvalue weighted by molar-refractivity contribution is 6.03. The molecule has 0 saturated heterocycles. The van der Waals surface area contributed by atoms with Crippen molar-refractivity contribution < 1.29 is 19.0 Å². The Morgan fingerprint density at radius 1 is 1.13 bits per heavy atom. The standard InChI is InChI=1S/C21H25N5O4/c1-13-10-14(25-26(13)21(2,3)4)19(27)24-15-11-22-12-23-20(15)30-17-9-7-8-16(28-5)18(17)29-6/h7-12H,1-6H3,(H,24,27). The van der Waals surface area contributed by atoms with Crippen LogP contribution in [0.5, 0.6) is 23.1 Å². The molecule has 2 aromatic heterocycles. The summed E-state index contributed by atoms with van der Waals surface area (Å²) in [6.07, 6.45) is 2.79. The van der Waals surface area contributed by atoms with E-state index < -0.39 is 5.91 Å². The number of aryl methyl sites for hydroxylation is 1. The van der Waals surface area contributed by atoms with Crippen molar-refractivity contribution in [2.45, 2.75) is 33.2 Å². The molecule has 1 aromatic carbocycles. The number of ether oxygens (including phenoxy) is 3. The minimum atomic E-state index is -0.390. The Morgan fingerprint density at radius 2 is 1.87 bits per heavy atom. The number of benzene rings is 1. The molecule has 0 aliphatic rings. The fourth-order valence-electron chi connectivity index (χ4n) is 2.98. The second-order valence-electron chi connectivity index (χ2n) is 7.54. The largest absolute Gasteiger partial charge is 0.493 e. The highest BCUT2D eigenvalue weighted by Crippen LogP contribution is 2.40. The van der Waals surface area contributed by atoms with Crippen LogP contribution in [0.2, 0.25) is 0 Å². The topological polar surface area (TPSA) is 100 Å². The number of para-hydroxylation sites is 1. The number of hydrogen-bond acceptors (Lipinski definition) is 7. The highest BCUT2D eigenvalue weighted by Gasteiger charge is 2.22. The zero-order valence-corrected chi connectivity index (χ0v) is 17.9. The first kappa shape index (κ1) is 21.1. The van der Waals surface area contributed by atoms with Gasteiger partial charge in [-0.3, -0.25) is 9.48 Å². The maximum absolute atomic E-state index is 12.8. The lowest BCUT2D eigenvalue weighted by molar-refractivity contribution is 0.102. The van der Waals surface area contributed by atoms with Gasteiger partial charge in [0.25, 0.3) is 5.91 Å². The molecule has 0 atom stereocenters. The minimum Gasteiger partial charge on any atom is -0.493 e. The lowest BCUT2D eigenvalue weighted by atomic mass is 10.1. The van der Waals surface area contributed by atoms with Crippen LogP contribution in [0, 0.1) is 6.92 Å². The SMILES string of the molecule is COc1cccc(Oc2ncncc2NC(=O)c2cc(C)n(C(C)(C)C)n2)c1OC. The molecular weight excluding hydrogens is 386 g/mol. The van der Waals surface area contributed by atoms with Crippen LogP contribution in [0.25, 0.3) is 0 Å². The lowest BCUT2D eigenvalue weighted by Gasteiger charge is -2.21. The van der Waals surface area contributed by atoms with E-state index in [0.29, 0.717) is 22.9 Å². The van der Waals surface area contributed by atoms with Crippen molar-refractivity contribution in [1.29, 1.82) is 0 Å². The molecule has 3 aromatic rings. The number of nitrogens with one attached hydrogen (secondary N) is 1. The number of rotatable bonds is 6. The summed E-state index contributed by atoms with van der Waals surface area (Å²) in [5.41, 5.74) is 1.23. The van der Waals surface area contributed by atoms with E-state index in [1.807, 2.05) is 32.4 Å². The van der Waals surface area contributed by atoms with Crippen molar-refractivity contribution in [3.05, 3.63) is 48.2 Å². The third-order valence-corrected chi connectivity index (χ3v) is 4.25. The van der Waals surface area contributed by atoms with Crippen LogP contribution in [0.1, 0.15) is 37.0 Å². The van der Waals surface area contributed by atoms with Crippen LogP contribution >= 0.6 is 0 Å². The fourth-order valence-corrected chi connectivity index (χ4v) is 2.98. The van der Waals surface area contributed by atoms with Gasteiger partial charge in [-0.25, -0.2) is 4.98 Å². The second kappa shape index (κ2) is 8.40.